The van der Waals surface area contributed by atoms with Crippen molar-refractivity contribution in [3.05, 3.63) is 29.3 Å². The third kappa shape index (κ3) is 3.81. The molecule has 1 aliphatic heterocycles. The van der Waals surface area contributed by atoms with Crippen LogP contribution in [0.5, 0.6) is 0 Å². The number of benzene rings is 1. The first-order valence-corrected chi connectivity index (χ1v) is 8.36. The van der Waals surface area contributed by atoms with Crippen LogP contribution in [0.1, 0.15) is 28.8 Å². The molecule has 1 aliphatic rings. The van der Waals surface area contributed by atoms with Gasteiger partial charge in [-0.1, -0.05) is 6.07 Å². The highest BCUT2D eigenvalue weighted by molar-refractivity contribution is 7.89. The maximum absolute atomic E-state index is 12.2. The summed E-state index contributed by atoms with van der Waals surface area (Å²) in [7, 11) is -2.22. The highest BCUT2D eigenvalue weighted by Gasteiger charge is 2.19. The second-order valence-corrected chi connectivity index (χ2v) is 6.92. The Hall–Kier alpha value is -1.44. The number of aryl methyl sites for hydroxylation is 1. The van der Waals surface area contributed by atoms with Gasteiger partial charge in [-0.15, -0.1) is 0 Å². The first kappa shape index (κ1) is 15.9. The molecule has 1 heterocycles. The molecule has 0 bridgehead atoms. The topological polar surface area (TPSA) is 84.5 Å². The summed E-state index contributed by atoms with van der Waals surface area (Å²) < 4.78 is 31.3. The fourth-order valence-corrected chi connectivity index (χ4v) is 2.99. The number of hydrogen-bond donors (Lipinski definition) is 2. The smallest absolute Gasteiger partial charge is 0.251 e. The van der Waals surface area contributed by atoms with Crippen molar-refractivity contribution in [2.75, 3.05) is 20.2 Å². The minimum absolute atomic E-state index is 0.0541. The number of rotatable bonds is 5. The van der Waals surface area contributed by atoms with Gasteiger partial charge in [0.05, 0.1) is 11.0 Å². The van der Waals surface area contributed by atoms with Crippen molar-refractivity contribution in [3.8, 4) is 0 Å². The van der Waals surface area contributed by atoms with Crippen molar-refractivity contribution in [2.24, 2.45) is 0 Å². The Morgan fingerprint density at radius 3 is 2.81 bits per heavy atom. The van der Waals surface area contributed by atoms with Crippen molar-refractivity contribution in [1.82, 2.24) is 10.0 Å². The summed E-state index contributed by atoms with van der Waals surface area (Å²) >= 11 is 0. The minimum atomic E-state index is -3.56. The Balaban J connectivity index is 2.14. The molecule has 0 aromatic heterocycles. The summed E-state index contributed by atoms with van der Waals surface area (Å²) in [6.07, 6.45) is 2.00. The molecule has 1 fully saturated rings. The van der Waals surface area contributed by atoms with Gasteiger partial charge in [0, 0.05) is 18.7 Å². The molecule has 6 nitrogen and oxygen atoms in total. The fourth-order valence-electron chi connectivity index (χ4n) is 2.24. The molecule has 1 aromatic rings. The largest absolute Gasteiger partial charge is 0.376 e. The fraction of sp³-hybridized carbons (Fsp3) is 0.500. The first-order valence-electron chi connectivity index (χ1n) is 6.88. The van der Waals surface area contributed by atoms with Crippen LogP contribution in [-0.4, -0.2) is 40.6 Å². The minimum Gasteiger partial charge on any atom is -0.376 e. The van der Waals surface area contributed by atoms with E-state index >= 15 is 0 Å². The molecule has 0 saturated carbocycles. The van der Waals surface area contributed by atoms with Gasteiger partial charge in [0.2, 0.25) is 10.0 Å². The van der Waals surface area contributed by atoms with E-state index < -0.39 is 10.0 Å². The highest BCUT2D eigenvalue weighted by atomic mass is 32.2. The maximum Gasteiger partial charge on any atom is 0.251 e. The molecule has 0 radical (unpaired) electrons. The molecule has 1 aromatic carbocycles. The zero-order valence-corrected chi connectivity index (χ0v) is 13.0. The van der Waals surface area contributed by atoms with E-state index in [4.69, 9.17) is 4.74 Å². The molecule has 2 N–H and O–H groups in total. The second-order valence-electron chi connectivity index (χ2n) is 5.03. The summed E-state index contributed by atoms with van der Waals surface area (Å²) in [6, 6.07) is 4.51. The third-order valence-electron chi connectivity index (χ3n) is 3.55. The lowest BCUT2D eigenvalue weighted by Crippen LogP contribution is -2.32. The molecular formula is C14H20N2O4S. The number of hydrogen-bond acceptors (Lipinski definition) is 4. The van der Waals surface area contributed by atoms with Crippen LogP contribution in [0.4, 0.5) is 0 Å². The van der Waals surface area contributed by atoms with Crippen LogP contribution in [-0.2, 0) is 14.8 Å². The Bertz CT molecular complexity index is 622. The average Bonchev–Trinajstić information content (AvgIpc) is 2.98. The predicted octanol–water partition coefficient (Wildman–Crippen LogP) is 0.812. The highest BCUT2D eigenvalue weighted by Crippen LogP contribution is 2.16. The summed E-state index contributed by atoms with van der Waals surface area (Å²) in [5, 5.41) is 2.80. The third-order valence-corrected chi connectivity index (χ3v) is 4.96. The molecule has 1 unspecified atom stereocenters. The van der Waals surface area contributed by atoms with E-state index in [1.54, 1.807) is 13.0 Å². The van der Waals surface area contributed by atoms with Crippen LogP contribution in [0, 0.1) is 6.92 Å². The summed E-state index contributed by atoms with van der Waals surface area (Å²) in [4.78, 5) is 12.3. The Morgan fingerprint density at radius 1 is 1.43 bits per heavy atom. The molecule has 21 heavy (non-hydrogen) atoms. The summed E-state index contributed by atoms with van der Waals surface area (Å²) in [5.74, 6) is -0.281. The van der Waals surface area contributed by atoms with Gasteiger partial charge in [-0.25, -0.2) is 13.1 Å². The summed E-state index contributed by atoms with van der Waals surface area (Å²) in [5.41, 5.74) is 1.10. The lowest BCUT2D eigenvalue weighted by atomic mass is 10.1. The molecule has 1 atom stereocenters. The van der Waals surface area contributed by atoms with Gasteiger partial charge in [0.15, 0.2) is 0 Å². The van der Waals surface area contributed by atoms with Crippen molar-refractivity contribution in [3.63, 3.8) is 0 Å². The van der Waals surface area contributed by atoms with Crippen LogP contribution in [0.15, 0.2) is 23.1 Å². The Morgan fingerprint density at radius 2 is 2.19 bits per heavy atom. The van der Waals surface area contributed by atoms with Crippen LogP contribution in [0.3, 0.4) is 0 Å². The van der Waals surface area contributed by atoms with Gasteiger partial charge in [-0.2, -0.15) is 0 Å². The van der Waals surface area contributed by atoms with E-state index in [1.165, 1.54) is 19.2 Å². The van der Waals surface area contributed by atoms with Gasteiger partial charge < -0.3 is 10.1 Å². The molecule has 2 rings (SSSR count). The number of amides is 1. The monoisotopic (exact) mass is 312 g/mol. The van der Waals surface area contributed by atoms with Gasteiger partial charge in [0.25, 0.3) is 5.91 Å². The van der Waals surface area contributed by atoms with Gasteiger partial charge in [-0.3, -0.25) is 4.79 Å². The average molecular weight is 312 g/mol. The SMILES string of the molecule is CNS(=O)(=O)c1ccc(C)c(C(=O)NCC2CCCO2)c1. The van der Waals surface area contributed by atoms with E-state index in [1.807, 2.05) is 0 Å². The molecule has 116 valence electrons. The Labute approximate surface area is 124 Å². The number of ether oxygens (including phenoxy) is 1. The lowest BCUT2D eigenvalue weighted by molar-refractivity contribution is 0.0857. The Kier molecular flexibility index (Phi) is 4.97. The van der Waals surface area contributed by atoms with Crippen molar-refractivity contribution in [2.45, 2.75) is 30.8 Å². The number of carbonyl (C=O) groups is 1. The normalized spacial score (nSPS) is 18.7. The van der Waals surface area contributed by atoms with E-state index in [9.17, 15) is 13.2 Å². The van der Waals surface area contributed by atoms with E-state index in [0.29, 0.717) is 12.1 Å². The molecule has 0 spiro atoms. The van der Waals surface area contributed by atoms with E-state index in [-0.39, 0.29) is 16.9 Å². The maximum atomic E-state index is 12.2. The van der Waals surface area contributed by atoms with Crippen LogP contribution in [0.25, 0.3) is 0 Å². The van der Waals surface area contributed by atoms with Crippen molar-refractivity contribution >= 4 is 15.9 Å². The molecule has 1 amide bonds. The summed E-state index contributed by atoms with van der Waals surface area (Å²) in [6.45, 7) is 2.95. The van der Waals surface area contributed by atoms with E-state index in [0.717, 1.165) is 25.0 Å². The van der Waals surface area contributed by atoms with Gasteiger partial charge in [-0.05, 0) is 44.5 Å². The van der Waals surface area contributed by atoms with Gasteiger partial charge >= 0.3 is 0 Å². The van der Waals surface area contributed by atoms with Gasteiger partial charge in [0.1, 0.15) is 0 Å². The quantitative estimate of drug-likeness (QED) is 0.843. The zero-order valence-electron chi connectivity index (χ0n) is 12.2. The second kappa shape index (κ2) is 6.55. The van der Waals surface area contributed by atoms with Crippen LogP contribution >= 0.6 is 0 Å². The molecule has 1 saturated heterocycles. The van der Waals surface area contributed by atoms with Crippen molar-refractivity contribution < 1.29 is 17.9 Å². The molecule has 7 heteroatoms. The van der Waals surface area contributed by atoms with Crippen LogP contribution < -0.4 is 10.0 Å². The van der Waals surface area contributed by atoms with E-state index in [2.05, 4.69) is 10.0 Å². The number of nitrogens with one attached hydrogen (secondary N) is 2. The van der Waals surface area contributed by atoms with Crippen LogP contribution in [0.2, 0.25) is 0 Å². The number of sulfonamides is 1. The predicted molar refractivity (Wildman–Crippen MR) is 78.7 cm³/mol. The zero-order chi connectivity index (χ0) is 15.5. The molecular weight excluding hydrogens is 292 g/mol. The first-order chi connectivity index (χ1) is 9.94. The van der Waals surface area contributed by atoms with Crippen molar-refractivity contribution in [1.29, 1.82) is 0 Å². The molecule has 0 aliphatic carbocycles. The lowest BCUT2D eigenvalue weighted by Gasteiger charge is -2.13. The standard InChI is InChI=1S/C14H20N2O4S/c1-10-5-6-12(21(18,19)15-2)8-13(10)14(17)16-9-11-4-3-7-20-11/h5-6,8,11,15H,3-4,7,9H2,1-2H3,(H,16,17). The number of carbonyl (C=O) groups excluding carboxylic acids is 1.